The summed E-state index contributed by atoms with van der Waals surface area (Å²) in [6, 6.07) is 2.62. The zero-order valence-electron chi connectivity index (χ0n) is 12.1. The minimum absolute atomic E-state index is 0.122. The third kappa shape index (κ3) is 3.14. The molecule has 1 radical (unpaired) electrons. The Balaban J connectivity index is 2.58. The van der Waals surface area contributed by atoms with Crippen molar-refractivity contribution in [2.75, 3.05) is 11.7 Å². The summed E-state index contributed by atoms with van der Waals surface area (Å²) in [5.74, 6) is -5.50. The van der Waals surface area contributed by atoms with Crippen LogP contribution in [0.3, 0.4) is 0 Å². The van der Waals surface area contributed by atoms with Gasteiger partial charge in [0.25, 0.3) is 0 Å². The summed E-state index contributed by atoms with van der Waals surface area (Å²) in [4.78, 5) is 4.91. The summed E-state index contributed by atoms with van der Waals surface area (Å²) < 4.78 is 69.4. The maximum atomic E-state index is 14.7. The molecule has 0 saturated heterocycles. The molecule has 2 aromatic rings. The van der Waals surface area contributed by atoms with Gasteiger partial charge in [0.1, 0.15) is 0 Å². The standard InChI is InChI=1S/C16H13F5NO/c1-3-23-22(13-7-5-4-6-10(13)2)16(20,21)11-8-9-12(17)15(19)14(11)18/h4-9H,2-3H2,1H3. The van der Waals surface area contributed by atoms with E-state index in [0.29, 0.717) is 12.1 Å². The number of anilines is 1. The fourth-order valence-corrected chi connectivity index (χ4v) is 2.01. The molecule has 0 unspecified atom stereocenters. The van der Waals surface area contributed by atoms with Gasteiger partial charge >= 0.3 is 6.05 Å². The highest BCUT2D eigenvalue weighted by Crippen LogP contribution is 2.39. The molecule has 2 nitrogen and oxygen atoms in total. The summed E-state index contributed by atoms with van der Waals surface area (Å²) in [7, 11) is 0. The van der Waals surface area contributed by atoms with E-state index in [0.717, 1.165) is 0 Å². The number of alkyl halides is 2. The predicted molar refractivity (Wildman–Crippen MR) is 75.2 cm³/mol. The Morgan fingerprint density at radius 3 is 2.30 bits per heavy atom. The molecule has 0 aliphatic heterocycles. The first-order valence-corrected chi connectivity index (χ1v) is 6.66. The fraction of sp³-hybridized carbons (Fsp3) is 0.188. The maximum absolute atomic E-state index is 14.7. The zero-order valence-corrected chi connectivity index (χ0v) is 12.1. The van der Waals surface area contributed by atoms with Gasteiger partial charge in [-0.15, -0.1) is 0 Å². The highest BCUT2D eigenvalue weighted by molar-refractivity contribution is 5.55. The van der Waals surface area contributed by atoms with Crippen molar-refractivity contribution in [1.29, 1.82) is 0 Å². The van der Waals surface area contributed by atoms with Crippen molar-refractivity contribution in [1.82, 2.24) is 0 Å². The molecule has 0 amide bonds. The molecule has 0 spiro atoms. The second kappa shape index (κ2) is 6.54. The normalized spacial score (nSPS) is 11.6. The second-order valence-corrected chi connectivity index (χ2v) is 4.61. The van der Waals surface area contributed by atoms with E-state index in [1.165, 1.54) is 25.1 Å². The van der Waals surface area contributed by atoms with Crippen LogP contribution in [-0.4, -0.2) is 6.61 Å². The summed E-state index contributed by atoms with van der Waals surface area (Å²) in [5.41, 5.74) is -1.26. The molecule has 0 fully saturated rings. The SMILES string of the molecule is [CH2]c1ccccc1N(OCC)C(F)(F)c1ccc(F)c(F)c1F. The van der Waals surface area contributed by atoms with E-state index < -0.39 is 29.1 Å². The Morgan fingerprint density at radius 1 is 1.04 bits per heavy atom. The molecule has 0 aliphatic carbocycles. The van der Waals surface area contributed by atoms with Crippen LogP contribution in [0.4, 0.5) is 27.6 Å². The first-order chi connectivity index (χ1) is 10.8. The smallest absolute Gasteiger partial charge is 0.268 e. The molecular weight excluding hydrogens is 317 g/mol. The second-order valence-electron chi connectivity index (χ2n) is 4.61. The van der Waals surface area contributed by atoms with E-state index in [4.69, 9.17) is 4.84 Å². The van der Waals surface area contributed by atoms with Crippen LogP contribution in [0.5, 0.6) is 0 Å². The number of rotatable bonds is 5. The molecule has 0 atom stereocenters. The molecule has 123 valence electrons. The topological polar surface area (TPSA) is 12.5 Å². The van der Waals surface area contributed by atoms with E-state index in [2.05, 4.69) is 6.92 Å². The fourth-order valence-electron chi connectivity index (χ4n) is 2.01. The number of halogens is 5. The molecule has 0 aliphatic rings. The average Bonchev–Trinajstić information content (AvgIpc) is 2.51. The Morgan fingerprint density at radius 2 is 1.70 bits per heavy atom. The van der Waals surface area contributed by atoms with Crippen LogP contribution in [0.25, 0.3) is 0 Å². The third-order valence-corrected chi connectivity index (χ3v) is 3.08. The number of benzene rings is 2. The lowest BCUT2D eigenvalue weighted by Gasteiger charge is -2.32. The maximum Gasteiger partial charge on any atom is 0.377 e. The predicted octanol–water partition coefficient (Wildman–Crippen LogP) is 4.79. The number of nitrogens with zero attached hydrogens (tertiary/aromatic N) is 1. The van der Waals surface area contributed by atoms with Crippen molar-refractivity contribution in [2.45, 2.75) is 13.0 Å². The molecule has 0 N–H and O–H groups in total. The van der Waals surface area contributed by atoms with Gasteiger partial charge in [0.05, 0.1) is 17.9 Å². The lowest BCUT2D eigenvalue weighted by atomic mass is 10.1. The van der Waals surface area contributed by atoms with Crippen molar-refractivity contribution >= 4 is 5.69 Å². The third-order valence-electron chi connectivity index (χ3n) is 3.08. The van der Waals surface area contributed by atoms with Crippen LogP contribution >= 0.6 is 0 Å². The van der Waals surface area contributed by atoms with E-state index in [1.54, 1.807) is 6.07 Å². The average molecular weight is 330 g/mol. The molecule has 0 aromatic heterocycles. The monoisotopic (exact) mass is 330 g/mol. The van der Waals surface area contributed by atoms with Crippen molar-refractivity contribution in [3.8, 4) is 0 Å². The van der Waals surface area contributed by atoms with E-state index in [1.807, 2.05) is 0 Å². The van der Waals surface area contributed by atoms with Gasteiger partial charge in [0, 0.05) is 0 Å². The van der Waals surface area contributed by atoms with Gasteiger partial charge in [-0.05, 0) is 37.6 Å². The summed E-state index contributed by atoms with van der Waals surface area (Å²) >= 11 is 0. The van der Waals surface area contributed by atoms with Crippen LogP contribution in [0.2, 0.25) is 0 Å². The first kappa shape index (κ1) is 17.2. The van der Waals surface area contributed by atoms with Crippen LogP contribution in [0.15, 0.2) is 36.4 Å². The lowest BCUT2D eigenvalue weighted by Crippen LogP contribution is -2.41. The van der Waals surface area contributed by atoms with Gasteiger partial charge in [-0.2, -0.15) is 13.8 Å². The quantitative estimate of drug-likeness (QED) is 0.338. The number of hydroxylamine groups is 1. The highest BCUT2D eigenvalue weighted by atomic mass is 19.3. The molecule has 7 heteroatoms. The highest BCUT2D eigenvalue weighted by Gasteiger charge is 2.44. The largest absolute Gasteiger partial charge is 0.377 e. The van der Waals surface area contributed by atoms with Crippen molar-refractivity contribution in [2.24, 2.45) is 0 Å². The number of hydrogen-bond donors (Lipinski definition) is 0. The zero-order chi connectivity index (χ0) is 17.2. The Labute approximate surface area is 130 Å². The first-order valence-electron chi connectivity index (χ1n) is 6.66. The summed E-state index contributed by atoms with van der Waals surface area (Å²) in [6.07, 6.45) is 0. The number of para-hydroxylation sites is 1. The summed E-state index contributed by atoms with van der Waals surface area (Å²) in [5, 5.41) is 0.144. The van der Waals surface area contributed by atoms with Crippen LogP contribution < -0.4 is 5.06 Å². The molecule has 2 aromatic carbocycles. The van der Waals surface area contributed by atoms with Crippen molar-refractivity contribution in [3.63, 3.8) is 0 Å². The van der Waals surface area contributed by atoms with Gasteiger partial charge < -0.3 is 0 Å². The van der Waals surface area contributed by atoms with E-state index >= 15 is 0 Å². The molecule has 0 heterocycles. The van der Waals surface area contributed by atoms with Crippen LogP contribution in [0.1, 0.15) is 18.1 Å². The van der Waals surface area contributed by atoms with Crippen LogP contribution in [0, 0.1) is 24.4 Å². The van der Waals surface area contributed by atoms with Gasteiger partial charge in [-0.1, -0.05) is 18.2 Å². The van der Waals surface area contributed by atoms with Gasteiger partial charge in [-0.3, -0.25) is 4.84 Å². The van der Waals surface area contributed by atoms with Crippen molar-refractivity contribution < 1.29 is 26.8 Å². The Kier molecular flexibility index (Phi) is 4.89. The lowest BCUT2D eigenvalue weighted by molar-refractivity contribution is -0.107. The van der Waals surface area contributed by atoms with E-state index in [-0.39, 0.29) is 22.9 Å². The van der Waals surface area contributed by atoms with Crippen LogP contribution in [-0.2, 0) is 10.9 Å². The Bertz CT molecular complexity index is 705. The summed E-state index contributed by atoms with van der Waals surface area (Å²) in [6.45, 7) is 4.90. The van der Waals surface area contributed by atoms with Gasteiger partial charge in [-0.25, -0.2) is 13.2 Å². The minimum atomic E-state index is -4.08. The van der Waals surface area contributed by atoms with E-state index in [9.17, 15) is 22.0 Å². The minimum Gasteiger partial charge on any atom is -0.268 e. The molecule has 2 rings (SSSR count). The van der Waals surface area contributed by atoms with Gasteiger partial charge in [0.15, 0.2) is 17.5 Å². The molecular formula is C16H13F5NO. The van der Waals surface area contributed by atoms with Gasteiger partial charge in [0.2, 0.25) is 0 Å². The van der Waals surface area contributed by atoms with Crippen molar-refractivity contribution in [3.05, 3.63) is 71.9 Å². The molecule has 0 saturated carbocycles. The molecule has 23 heavy (non-hydrogen) atoms. The molecule has 0 bridgehead atoms. The number of hydrogen-bond acceptors (Lipinski definition) is 2. The Hall–Kier alpha value is -2.15.